The van der Waals surface area contributed by atoms with Gasteiger partial charge in [-0.25, -0.2) is 12.8 Å². The van der Waals surface area contributed by atoms with E-state index in [4.69, 9.17) is 11.6 Å². The number of aliphatic hydroxyl groups excluding tert-OH is 1. The van der Waals surface area contributed by atoms with Gasteiger partial charge in [-0.05, 0) is 24.1 Å². The molecule has 6 heteroatoms. The fourth-order valence-electron chi connectivity index (χ4n) is 1.58. The van der Waals surface area contributed by atoms with E-state index in [-0.39, 0.29) is 12.0 Å². The molecular formula is C11H14ClFO3S. The van der Waals surface area contributed by atoms with Gasteiger partial charge in [0.15, 0.2) is 14.0 Å². The molecule has 0 unspecified atom stereocenters. The van der Waals surface area contributed by atoms with Gasteiger partial charge < -0.3 is 5.11 Å². The summed E-state index contributed by atoms with van der Waals surface area (Å²) >= 11 is 5.98. The molecule has 0 aliphatic heterocycles. The molecular weight excluding hydrogens is 267 g/mol. The van der Waals surface area contributed by atoms with Gasteiger partial charge in [0.2, 0.25) is 0 Å². The van der Waals surface area contributed by atoms with Crippen LogP contribution in [0.4, 0.5) is 4.39 Å². The van der Waals surface area contributed by atoms with Crippen LogP contribution in [0.2, 0.25) is 0 Å². The SMILES string of the molecule is CC[C@](Cl)([C@H](O)c1cccc(F)c1)S(C)(=O)=O. The molecule has 0 aliphatic carbocycles. The lowest BCUT2D eigenvalue weighted by molar-refractivity contribution is 0.154. The quantitative estimate of drug-likeness (QED) is 0.861. The Labute approximate surface area is 105 Å². The third-order valence-corrected chi connectivity index (χ3v) is 5.73. The normalized spacial score (nSPS) is 17.5. The first-order chi connectivity index (χ1) is 7.72. The molecule has 1 aromatic rings. The van der Waals surface area contributed by atoms with Crippen molar-refractivity contribution >= 4 is 21.4 Å². The number of hydrogen-bond donors (Lipinski definition) is 1. The summed E-state index contributed by atoms with van der Waals surface area (Å²) in [5.41, 5.74) is 0.146. The lowest BCUT2D eigenvalue weighted by atomic mass is 10.0. The van der Waals surface area contributed by atoms with Crippen molar-refractivity contribution in [1.82, 2.24) is 0 Å². The Morgan fingerprint density at radius 1 is 1.53 bits per heavy atom. The predicted octanol–water partition coefficient (Wildman–Crippen LogP) is 2.25. The van der Waals surface area contributed by atoms with Crippen molar-refractivity contribution in [1.29, 1.82) is 0 Å². The fourth-order valence-corrected chi connectivity index (χ4v) is 2.78. The van der Waals surface area contributed by atoms with Gasteiger partial charge in [0, 0.05) is 6.26 Å². The van der Waals surface area contributed by atoms with Crippen molar-refractivity contribution in [2.24, 2.45) is 0 Å². The summed E-state index contributed by atoms with van der Waals surface area (Å²) in [7, 11) is -3.68. The third-order valence-electron chi connectivity index (χ3n) is 2.67. The molecule has 3 nitrogen and oxygen atoms in total. The van der Waals surface area contributed by atoms with Gasteiger partial charge in [-0.2, -0.15) is 0 Å². The standard InChI is InChI=1S/C11H14ClFO3S/c1-3-11(12,17(2,15)16)10(14)8-5-4-6-9(13)7-8/h4-7,10,14H,3H2,1-2H3/t10-,11-/m1/s1. The number of halogens is 2. The molecule has 0 saturated heterocycles. The first-order valence-corrected chi connectivity index (χ1v) is 7.31. The maximum atomic E-state index is 13.0. The molecule has 1 aromatic carbocycles. The summed E-state index contributed by atoms with van der Waals surface area (Å²) < 4.78 is 34.4. The zero-order chi connectivity index (χ0) is 13.3. The number of rotatable bonds is 4. The van der Waals surface area contributed by atoms with Gasteiger partial charge in [-0.3, -0.25) is 0 Å². The Balaban J connectivity index is 3.24. The van der Waals surface area contributed by atoms with Crippen LogP contribution >= 0.6 is 11.6 Å². The highest BCUT2D eigenvalue weighted by molar-refractivity contribution is 7.93. The Hall–Kier alpha value is -0.650. The van der Waals surface area contributed by atoms with Crippen molar-refractivity contribution < 1.29 is 17.9 Å². The van der Waals surface area contributed by atoms with Crippen LogP contribution < -0.4 is 0 Å². The minimum atomic E-state index is -3.68. The number of benzene rings is 1. The van der Waals surface area contributed by atoms with Crippen molar-refractivity contribution in [3.05, 3.63) is 35.6 Å². The van der Waals surface area contributed by atoms with Crippen molar-refractivity contribution in [2.45, 2.75) is 23.7 Å². The van der Waals surface area contributed by atoms with E-state index in [2.05, 4.69) is 0 Å². The van der Waals surface area contributed by atoms with Gasteiger partial charge in [0.05, 0.1) is 0 Å². The Morgan fingerprint density at radius 3 is 2.53 bits per heavy atom. The molecule has 0 saturated carbocycles. The number of aliphatic hydroxyl groups is 1. The second kappa shape index (κ2) is 4.92. The topological polar surface area (TPSA) is 54.4 Å². The maximum Gasteiger partial charge on any atom is 0.174 e. The summed E-state index contributed by atoms with van der Waals surface area (Å²) in [5, 5.41) is 10.0. The molecule has 0 aromatic heterocycles. The van der Waals surface area contributed by atoms with Crippen LogP contribution in [0.5, 0.6) is 0 Å². The predicted molar refractivity (Wildman–Crippen MR) is 65.1 cm³/mol. The monoisotopic (exact) mass is 280 g/mol. The van der Waals surface area contributed by atoms with Crippen molar-refractivity contribution in [3.8, 4) is 0 Å². The van der Waals surface area contributed by atoms with E-state index in [0.717, 1.165) is 12.3 Å². The molecule has 0 amide bonds. The zero-order valence-electron chi connectivity index (χ0n) is 9.52. The van der Waals surface area contributed by atoms with Crippen LogP contribution in [0.15, 0.2) is 24.3 Å². The van der Waals surface area contributed by atoms with E-state index in [9.17, 15) is 17.9 Å². The highest BCUT2D eigenvalue weighted by Gasteiger charge is 2.44. The Bertz CT molecular complexity index is 503. The Kier molecular flexibility index (Phi) is 4.17. The van der Waals surface area contributed by atoms with Crippen LogP contribution in [0.1, 0.15) is 25.0 Å². The van der Waals surface area contributed by atoms with E-state index in [1.54, 1.807) is 6.92 Å². The van der Waals surface area contributed by atoms with Gasteiger partial charge in [-0.1, -0.05) is 30.7 Å². The molecule has 0 radical (unpaired) electrons. The third kappa shape index (κ3) is 2.78. The van der Waals surface area contributed by atoms with E-state index in [1.807, 2.05) is 0 Å². The molecule has 0 bridgehead atoms. The summed E-state index contributed by atoms with van der Waals surface area (Å²) in [6, 6.07) is 5.11. The van der Waals surface area contributed by atoms with Crippen LogP contribution in [-0.4, -0.2) is 24.0 Å². The van der Waals surface area contributed by atoms with Crippen LogP contribution in [0, 0.1) is 5.82 Å². The van der Waals surface area contributed by atoms with E-state index >= 15 is 0 Å². The smallest absolute Gasteiger partial charge is 0.174 e. The molecule has 0 spiro atoms. The lowest BCUT2D eigenvalue weighted by Gasteiger charge is -2.29. The van der Waals surface area contributed by atoms with Crippen LogP contribution in [-0.2, 0) is 9.84 Å². The van der Waals surface area contributed by atoms with Crippen molar-refractivity contribution in [2.75, 3.05) is 6.26 Å². The highest BCUT2D eigenvalue weighted by Crippen LogP contribution is 2.39. The molecule has 96 valence electrons. The average Bonchev–Trinajstić information content (AvgIpc) is 2.25. The summed E-state index contributed by atoms with van der Waals surface area (Å²) in [4.78, 5) is 0. The van der Waals surface area contributed by atoms with Crippen LogP contribution in [0.3, 0.4) is 0 Å². The summed E-state index contributed by atoms with van der Waals surface area (Å²) in [6.45, 7) is 1.55. The van der Waals surface area contributed by atoms with Crippen molar-refractivity contribution in [3.63, 3.8) is 0 Å². The minimum Gasteiger partial charge on any atom is -0.385 e. The van der Waals surface area contributed by atoms with Gasteiger partial charge in [0.25, 0.3) is 0 Å². The minimum absolute atomic E-state index is 0.0189. The summed E-state index contributed by atoms with van der Waals surface area (Å²) in [6.07, 6.45) is -0.503. The molecule has 2 atom stereocenters. The Morgan fingerprint density at radius 2 is 2.12 bits per heavy atom. The van der Waals surface area contributed by atoms with E-state index in [1.165, 1.54) is 18.2 Å². The number of sulfone groups is 1. The second-order valence-electron chi connectivity index (χ2n) is 3.87. The largest absolute Gasteiger partial charge is 0.385 e. The zero-order valence-corrected chi connectivity index (χ0v) is 11.1. The molecule has 17 heavy (non-hydrogen) atoms. The molecule has 1 N–H and O–H groups in total. The second-order valence-corrected chi connectivity index (χ2v) is 7.04. The number of hydrogen-bond acceptors (Lipinski definition) is 3. The molecule has 0 fully saturated rings. The molecule has 0 heterocycles. The van der Waals surface area contributed by atoms with E-state index in [0.29, 0.717) is 0 Å². The molecule has 0 aliphatic rings. The van der Waals surface area contributed by atoms with Gasteiger partial charge in [-0.15, -0.1) is 0 Å². The first-order valence-electron chi connectivity index (χ1n) is 5.04. The maximum absolute atomic E-state index is 13.0. The number of alkyl halides is 1. The highest BCUT2D eigenvalue weighted by atomic mass is 35.5. The summed E-state index contributed by atoms with van der Waals surface area (Å²) in [5.74, 6) is -0.551. The molecule has 1 rings (SSSR count). The average molecular weight is 281 g/mol. The fraction of sp³-hybridized carbons (Fsp3) is 0.455. The first kappa shape index (κ1) is 14.4. The van der Waals surface area contributed by atoms with Gasteiger partial charge in [0.1, 0.15) is 11.9 Å². The lowest BCUT2D eigenvalue weighted by Crippen LogP contribution is -2.37. The van der Waals surface area contributed by atoms with E-state index < -0.39 is 26.0 Å². The van der Waals surface area contributed by atoms with Gasteiger partial charge >= 0.3 is 0 Å². The van der Waals surface area contributed by atoms with Crippen LogP contribution in [0.25, 0.3) is 0 Å².